The van der Waals surface area contributed by atoms with Gasteiger partial charge in [-0.15, -0.1) is 0 Å². The fourth-order valence-electron chi connectivity index (χ4n) is 5.67. The largest absolute Gasteiger partial charge is 0.290 e. The maximum Gasteiger partial charge on any atom is 0.0536 e. The standard InChI is InChI=1S/C25H35N/c1-18(2)25-23(17-24(26-25)20-13-7-4-8-14-20)22-16-10-9-15-21(22)19-11-5-3-6-12-19/h3-5,7,11,15,18,20,22-24H,6,8-10,12-14,16-17H2,1-2H3. The Balaban J connectivity index is 1.58. The van der Waals surface area contributed by atoms with Crippen LogP contribution in [0.4, 0.5) is 0 Å². The Morgan fingerprint density at radius 1 is 1.00 bits per heavy atom. The fourth-order valence-corrected chi connectivity index (χ4v) is 5.67. The van der Waals surface area contributed by atoms with Crippen molar-refractivity contribution in [3.05, 3.63) is 47.6 Å². The van der Waals surface area contributed by atoms with E-state index in [-0.39, 0.29) is 0 Å². The molecule has 4 unspecified atom stereocenters. The first kappa shape index (κ1) is 18.0. The Labute approximate surface area is 160 Å². The van der Waals surface area contributed by atoms with Crippen molar-refractivity contribution < 1.29 is 0 Å². The number of aliphatic imine (C=N–C) groups is 1. The van der Waals surface area contributed by atoms with Gasteiger partial charge in [0.05, 0.1) is 6.04 Å². The predicted molar refractivity (Wildman–Crippen MR) is 113 cm³/mol. The van der Waals surface area contributed by atoms with Crippen molar-refractivity contribution in [2.24, 2.45) is 28.7 Å². The van der Waals surface area contributed by atoms with E-state index in [9.17, 15) is 0 Å². The van der Waals surface area contributed by atoms with Crippen molar-refractivity contribution in [1.82, 2.24) is 0 Å². The van der Waals surface area contributed by atoms with Crippen LogP contribution >= 0.6 is 0 Å². The zero-order valence-electron chi connectivity index (χ0n) is 16.7. The molecule has 0 bridgehead atoms. The molecule has 0 saturated carbocycles. The van der Waals surface area contributed by atoms with Gasteiger partial charge in [0.2, 0.25) is 0 Å². The Kier molecular flexibility index (Phi) is 5.62. The highest BCUT2D eigenvalue weighted by atomic mass is 14.9. The molecule has 140 valence electrons. The van der Waals surface area contributed by atoms with Gasteiger partial charge < -0.3 is 0 Å². The minimum Gasteiger partial charge on any atom is -0.290 e. The molecule has 0 aromatic carbocycles. The molecule has 0 radical (unpaired) electrons. The summed E-state index contributed by atoms with van der Waals surface area (Å²) in [7, 11) is 0. The first-order valence-electron chi connectivity index (χ1n) is 11.0. The van der Waals surface area contributed by atoms with Gasteiger partial charge in [0.1, 0.15) is 0 Å². The van der Waals surface area contributed by atoms with Crippen LogP contribution < -0.4 is 0 Å². The summed E-state index contributed by atoms with van der Waals surface area (Å²) in [6, 6.07) is 0.575. The van der Waals surface area contributed by atoms with Crippen LogP contribution in [0.1, 0.15) is 71.6 Å². The van der Waals surface area contributed by atoms with Gasteiger partial charge in [-0.2, -0.15) is 0 Å². The summed E-state index contributed by atoms with van der Waals surface area (Å²) in [5, 5.41) is 0. The van der Waals surface area contributed by atoms with Crippen LogP contribution in [-0.4, -0.2) is 11.8 Å². The van der Waals surface area contributed by atoms with E-state index >= 15 is 0 Å². The zero-order valence-corrected chi connectivity index (χ0v) is 16.7. The highest BCUT2D eigenvalue weighted by molar-refractivity contribution is 5.91. The molecule has 0 fully saturated rings. The summed E-state index contributed by atoms with van der Waals surface area (Å²) < 4.78 is 0. The zero-order chi connectivity index (χ0) is 17.9. The SMILES string of the molecule is CC(C)C1=NC(C2CC=CCC2)CC1C1CCCC=C1C1=CC=CCC1. The summed E-state index contributed by atoms with van der Waals surface area (Å²) in [5.41, 5.74) is 4.84. The normalized spacial score (nSPS) is 34.7. The molecular weight excluding hydrogens is 314 g/mol. The minimum absolute atomic E-state index is 0.575. The number of allylic oxidation sites excluding steroid dienone is 8. The minimum atomic E-state index is 0.575. The molecule has 4 atom stereocenters. The van der Waals surface area contributed by atoms with Gasteiger partial charge in [0, 0.05) is 11.6 Å². The molecule has 1 nitrogen and oxygen atoms in total. The number of rotatable bonds is 4. The second-order valence-corrected chi connectivity index (χ2v) is 9.02. The van der Waals surface area contributed by atoms with E-state index in [0.29, 0.717) is 23.8 Å². The molecule has 26 heavy (non-hydrogen) atoms. The lowest BCUT2D eigenvalue weighted by Crippen LogP contribution is -2.29. The van der Waals surface area contributed by atoms with Gasteiger partial charge in [0.25, 0.3) is 0 Å². The first-order valence-corrected chi connectivity index (χ1v) is 11.0. The Morgan fingerprint density at radius 2 is 1.92 bits per heavy atom. The van der Waals surface area contributed by atoms with Gasteiger partial charge in [-0.05, 0) is 86.7 Å². The van der Waals surface area contributed by atoms with Gasteiger partial charge in [-0.3, -0.25) is 4.99 Å². The molecule has 0 spiro atoms. The first-order chi connectivity index (χ1) is 12.7. The summed E-state index contributed by atoms with van der Waals surface area (Å²) in [5.74, 6) is 2.77. The smallest absolute Gasteiger partial charge is 0.0536 e. The Bertz CT molecular complexity index is 658. The summed E-state index contributed by atoms with van der Waals surface area (Å²) in [6.07, 6.45) is 25.9. The van der Waals surface area contributed by atoms with E-state index in [4.69, 9.17) is 4.99 Å². The van der Waals surface area contributed by atoms with Crippen LogP contribution in [0.2, 0.25) is 0 Å². The number of hydrogen-bond acceptors (Lipinski definition) is 1. The van der Waals surface area contributed by atoms with Gasteiger partial charge in [-0.1, -0.05) is 50.3 Å². The summed E-state index contributed by atoms with van der Waals surface area (Å²) in [6.45, 7) is 4.73. The molecular formula is C25H35N. The second kappa shape index (κ2) is 8.11. The average molecular weight is 350 g/mol. The molecule has 0 saturated heterocycles. The van der Waals surface area contributed by atoms with Crippen LogP contribution in [0.5, 0.6) is 0 Å². The lowest BCUT2D eigenvalue weighted by atomic mass is 9.70. The topological polar surface area (TPSA) is 12.4 Å². The third kappa shape index (κ3) is 3.68. The fraction of sp³-hybridized carbons (Fsp3) is 0.640. The van der Waals surface area contributed by atoms with Crippen LogP contribution in [-0.2, 0) is 0 Å². The highest BCUT2D eigenvalue weighted by Gasteiger charge is 2.40. The molecule has 1 aliphatic heterocycles. The van der Waals surface area contributed by atoms with E-state index in [1.165, 1.54) is 63.5 Å². The maximum absolute atomic E-state index is 5.37. The lowest BCUT2D eigenvalue weighted by molar-refractivity contribution is 0.332. The van der Waals surface area contributed by atoms with Crippen molar-refractivity contribution in [3.63, 3.8) is 0 Å². The molecule has 0 N–H and O–H groups in total. The molecule has 4 rings (SSSR count). The molecule has 1 heterocycles. The van der Waals surface area contributed by atoms with E-state index in [2.05, 4.69) is 50.3 Å². The Morgan fingerprint density at radius 3 is 2.65 bits per heavy atom. The average Bonchev–Trinajstić information content (AvgIpc) is 3.15. The molecule has 0 amide bonds. The molecule has 4 aliphatic rings. The highest BCUT2D eigenvalue weighted by Crippen LogP contribution is 2.45. The Hall–Kier alpha value is -1.37. The van der Waals surface area contributed by atoms with Crippen molar-refractivity contribution in [2.75, 3.05) is 0 Å². The number of hydrogen-bond donors (Lipinski definition) is 0. The predicted octanol–water partition coefficient (Wildman–Crippen LogP) is 6.83. The number of nitrogens with zero attached hydrogens (tertiary/aromatic N) is 1. The van der Waals surface area contributed by atoms with Crippen molar-refractivity contribution in [1.29, 1.82) is 0 Å². The summed E-state index contributed by atoms with van der Waals surface area (Å²) in [4.78, 5) is 5.37. The van der Waals surface area contributed by atoms with Crippen LogP contribution in [0, 0.1) is 23.7 Å². The van der Waals surface area contributed by atoms with Crippen LogP contribution in [0.25, 0.3) is 0 Å². The molecule has 0 aromatic heterocycles. The van der Waals surface area contributed by atoms with E-state index < -0.39 is 0 Å². The maximum atomic E-state index is 5.37. The van der Waals surface area contributed by atoms with Crippen molar-refractivity contribution in [3.8, 4) is 0 Å². The van der Waals surface area contributed by atoms with E-state index in [1.807, 2.05) is 0 Å². The van der Waals surface area contributed by atoms with Crippen LogP contribution in [0.3, 0.4) is 0 Å². The molecule has 3 aliphatic carbocycles. The third-order valence-electron chi connectivity index (χ3n) is 6.99. The molecule has 1 heteroatoms. The van der Waals surface area contributed by atoms with E-state index in [1.54, 1.807) is 11.1 Å². The summed E-state index contributed by atoms with van der Waals surface area (Å²) >= 11 is 0. The van der Waals surface area contributed by atoms with E-state index in [0.717, 1.165) is 5.92 Å². The lowest BCUT2D eigenvalue weighted by Gasteiger charge is -2.34. The van der Waals surface area contributed by atoms with Gasteiger partial charge >= 0.3 is 0 Å². The van der Waals surface area contributed by atoms with Crippen molar-refractivity contribution in [2.45, 2.75) is 77.7 Å². The van der Waals surface area contributed by atoms with Crippen molar-refractivity contribution >= 4 is 5.71 Å². The van der Waals surface area contributed by atoms with Gasteiger partial charge in [0.15, 0.2) is 0 Å². The monoisotopic (exact) mass is 349 g/mol. The van der Waals surface area contributed by atoms with Crippen LogP contribution in [0.15, 0.2) is 52.6 Å². The third-order valence-corrected chi connectivity index (χ3v) is 6.99. The quantitative estimate of drug-likeness (QED) is 0.493. The van der Waals surface area contributed by atoms with Gasteiger partial charge in [-0.25, -0.2) is 0 Å². The second-order valence-electron chi connectivity index (χ2n) is 9.02. The molecule has 0 aromatic rings.